The van der Waals surface area contributed by atoms with Gasteiger partial charge < -0.3 is 19.7 Å². The summed E-state index contributed by atoms with van der Waals surface area (Å²) in [6, 6.07) is 20.7. The number of aromatic nitrogens is 2. The predicted octanol–water partition coefficient (Wildman–Crippen LogP) is 2.84. The van der Waals surface area contributed by atoms with Gasteiger partial charge in [0.25, 0.3) is 5.91 Å². The Morgan fingerprint density at radius 3 is 2.53 bits per heavy atom. The number of hydrogen-bond donors (Lipinski definition) is 3. The van der Waals surface area contributed by atoms with Crippen molar-refractivity contribution < 1.29 is 19.2 Å². The molecule has 9 heteroatoms. The minimum Gasteiger partial charge on any atom is -0.489 e. The number of aliphatic hydroxyl groups is 1. The van der Waals surface area contributed by atoms with Gasteiger partial charge in [-0.25, -0.2) is 14.6 Å². The van der Waals surface area contributed by atoms with Crippen LogP contribution in [-0.2, 0) is 13.2 Å². The zero-order valence-electron chi connectivity index (χ0n) is 20.0. The molecule has 1 amide bonds. The van der Waals surface area contributed by atoms with E-state index in [1.165, 1.54) is 0 Å². The Labute approximate surface area is 206 Å². The highest BCUT2D eigenvalue weighted by atomic mass is 16.5. The molecule has 186 valence electrons. The molecule has 0 aliphatic heterocycles. The van der Waals surface area contributed by atoms with Crippen molar-refractivity contribution in [1.82, 2.24) is 15.0 Å². The van der Waals surface area contributed by atoms with Crippen LogP contribution in [0.1, 0.15) is 34.0 Å². The molecule has 3 aromatic carbocycles. The smallest absolute Gasteiger partial charge is 0.440 e. The third kappa shape index (κ3) is 6.19. The molecule has 4 aromatic rings. The second-order valence-electron chi connectivity index (χ2n) is 8.57. The quantitative estimate of drug-likeness (QED) is 0.332. The highest BCUT2D eigenvalue weighted by Crippen LogP contribution is 2.26. The molecule has 0 saturated heterocycles. The Morgan fingerprint density at radius 1 is 1.08 bits per heavy atom. The van der Waals surface area contributed by atoms with Crippen LogP contribution in [0.5, 0.6) is 5.75 Å². The van der Waals surface area contributed by atoms with Crippen LogP contribution in [-0.4, -0.2) is 33.4 Å². The Balaban J connectivity index is 1.40. The van der Waals surface area contributed by atoms with Crippen molar-refractivity contribution in [3.63, 3.8) is 0 Å². The summed E-state index contributed by atoms with van der Waals surface area (Å²) >= 11 is 0. The van der Waals surface area contributed by atoms with Crippen molar-refractivity contribution in [1.29, 1.82) is 0 Å². The Hall–Kier alpha value is -4.37. The van der Waals surface area contributed by atoms with E-state index in [4.69, 9.17) is 9.26 Å². The largest absolute Gasteiger partial charge is 0.489 e. The van der Waals surface area contributed by atoms with Crippen molar-refractivity contribution in [3.8, 4) is 16.9 Å². The van der Waals surface area contributed by atoms with Gasteiger partial charge in [-0.3, -0.25) is 4.79 Å². The second kappa shape index (κ2) is 10.9. The lowest BCUT2D eigenvalue weighted by molar-refractivity contribution is 0.0924. The fourth-order valence-corrected chi connectivity index (χ4v) is 3.74. The minimum atomic E-state index is -0.786. The molecular weight excluding hydrogens is 462 g/mol. The number of amides is 1. The van der Waals surface area contributed by atoms with Crippen LogP contribution in [0, 0.1) is 6.92 Å². The summed E-state index contributed by atoms with van der Waals surface area (Å²) in [7, 11) is 0. The van der Waals surface area contributed by atoms with Gasteiger partial charge in [0.1, 0.15) is 12.4 Å². The average molecular weight is 490 g/mol. The van der Waals surface area contributed by atoms with E-state index in [1.54, 1.807) is 37.3 Å². The number of aryl methyl sites for hydroxylation is 1. The van der Waals surface area contributed by atoms with Crippen LogP contribution in [0.2, 0.25) is 0 Å². The maximum atomic E-state index is 12.3. The van der Waals surface area contributed by atoms with E-state index in [0.29, 0.717) is 17.9 Å². The maximum Gasteiger partial charge on any atom is 0.440 e. The summed E-state index contributed by atoms with van der Waals surface area (Å²) in [6.07, 6.45) is -0.600. The lowest BCUT2D eigenvalue weighted by Crippen LogP contribution is -2.30. The zero-order chi connectivity index (χ0) is 25.7. The van der Waals surface area contributed by atoms with E-state index in [-0.39, 0.29) is 19.0 Å². The summed E-state index contributed by atoms with van der Waals surface area (Å²) in [4.78, 5) is 37.0. The number of aliphatic hydroxyl groups excluding tert-OH is 1. The Morgan fingerprint density at radius 2 is 1.86 bits per heavy atom. The molecule has 0 radical (unpaired) electrons. The van der Waals surface area contributed by atoms with Crippen LogP contribution in [0.25, 0.3) is 11.1 Å². The molecule has 36 heavy (non-hydrogen) atoms. The van der Waals surface area contributed by atoms with E-state index in [1.807, 2.05) is 48.3 Å². The molecule has 9 nitrogen and oxygen atoms in total. The van der Waals surface area contributed by atoms with Gasteiger partial charge in [0, 0.05) is 12.1 Å². The summed E-state index contributed by atoms with van der Waals surface area (Å²) < 4.78 is 11.7. The Bertz CT molecular complexity index is 1460. The molecule has 4 rings (SSSR count). The molecule has 0 spiro atoms. The number of H-pyrrole nitrogens is 1. The molecule has 3 N–H and O–H groups in total. The zero-order valence-corrected chi connectivity index (χ0v) is 20.0. The number of aromatic amines is 1. The number of nitrogens with one attached hydrogen (secondary N) is 2. The molecule has 0 saturated carbocycles. The van der Waals surface area contributed by atoms with Crippen molar-refractivity contribution in [2.75, 3.05) is 6.54 Å². The first-order valence-corrected chi connectivity index (χ1v) is 11.5. The highest BCUT2D eigenvalue weighted by Gasteiger charge is 2.10. The van der Waals surface area contributed by atoms with E-state index in [9.17, 15) is 19.5 Å². The standard InChI is InChI=1S/C27H27N3O6/c1-17-12-22(25(32)28-14-18(2)31)8-11-24(17)21-5-3-4-20(13-21)16-35-23-9-6-19(7-10-23)15-30-26(33)29-27(34)36-30/h3-13,18,31H,14-16H2,1-2H3,(H,28,32)(H,29,33,34). The van der Waals surface area contributed by atoms with E-state index in [0.717, 1.165) is 32.6 Å². The first kappa shape index (κ1) is 24.7. The van der Waals surface area contributed by atoms with Gasteiger partial charge >= 0.3 is 11.4 Å². The highest BCUT2D eigenvalue weighted by molar-refractivity contribution is 5.95. The lowest BCUT2D eigenvalue weighted by Gasteiger charge is -2.12. The molecule has 1 atom stereocenters. The Kier molecular flexibility index (Phi) is 7.50. The van der Waals surface area contributed by atoms with Crippen molar-refractivity contribution in [2.24, 2.45) is 0 Å². The van der Waals surface area contributed by atoms with E-state index in [2.05, 4.69) is 5.32 Å². The van der Waals surface area contributed by atoms with Crippen molar-refractivity contribution >= 4 is 5.91 Å². The van der Waals surface area contributed by atoms with Gasteiger partial charge in [0.05, 0.1) is 12.6 Å². The molecule has 0 bridgehead atoms. The van der Waals surface area contributed by atoms with Crippen LogP contribution in [0.4, 0.5) is 0 Å². The number of benzene rings is 3. The third-order valence-corrected chi connectivity index (χ3v) is 5.57. The number of rotatable bonds is 9. The fraction of sp³-hybridized carbons (Fsp3) is 0.222. The molecule has 0 aliphatic carbocycles. The van der Waals surface area contributed by atoms with E-state index < -0.39 is 17.5 Å². The van der Waals surface area contributed by atoms with Crippen LogP contribution < -0.4 is 21.5 Å². The monoisotopic (exact) mass is 489 g/mol. The van der Waals surface area contributed by atoms with Crippen LogP contribution in [0.3, 0.4) is 0 Å². The average Bonchev–Trinajstić information content (AvgIpc) is 3.18. The fourth-order valence-electron chi connectivity index (χ4n) is 3.74. The van der Waals surface area contributed by atoms with Gasteiger partial charge in [0.15, 0.2) is 0 Å². The summed E-state index contributed by atoms with van der Waals surface area (Å²) in [5.74, 6) is -0.342. The van der Waals surface area contributed by atoms with Crippen molar-refractivity contribution in [2.45, 2.75) is 33.1 Å². The SMILES string of the molecule is Cc1cc(C(=O)NCC(C)O)ccc1-c1cccc(COc2ccc(Cn3oc(=O)[nH]c3=O)cc2)c1. The first-order chi connectivity index (χ1) is 17.3. The summed E-state index contributed by atoms with van der Waals surface area (Å²) in [5.41, 5.74) is 4.71. The minimum absolute atomic E-state index is 0.139. The third-order valence-electron chi connectivity index (χ3n) is 5.57. The first-order valence-electron chi connectivity index (χ1n) is 11.5. The topological polar surface area (TPSA) is 127 Å². The molecular formula is C27H27N3O6. The van der Waals surface area contributed by atoms with Crippen LogP contribution in [0.15, 0.2) is 80.8 Å². The normalized spacial score (nSPS) is 11.8. The molecule has 1 heterocycles. The number of ether oxygens (including phenoxy) is 1. The van der Waals surface area contributed by atoms with Gasteiger partial charge in [-0.15, -0.1) is 4.74 Å². The van der Waals surface area contributed by atoms with Gasteiger partial charge in [0.2, 0.25) is 0 Å². The maximum absolute atomic E-state index is 12.3. The number of carbonyl (C=O) groups is 1. The molecule has 1 unspecified atom stereocenters. The molecule has 0 fully saturated rings. The lowest BCUT2D eigenvalue weighted by atomic mass is 9.97. The van der Waals surface area contributed by atoms with Gasteiger partial charge in [-0.05, 0) is 72.0 Å². The molecule has 1 aromatic heterocycles. The number of nitrogens with zero attached hydrogens (tertiary/aromatic N) is 1. The summed E-state index contributed by atoms with van der Waals surface area (Å²) in [6.45, 7) is 4.28. The number of carbonyl (C=O) groups excluding carboxylic acids is 1. The van der Waals surface area contributed by atoms with Gasteiger partial charge in [-0.2, -0.15) is 0 Å². The van der Waals surface area contributed by atoms with Crippen molar-refractivity contribution in [3.05, 3.63) is 110 Å². The molecule has 0 aliphatic rings. The summed E-state index contributed by atoms with van der Waals surface area (Å²) in [5, 5.41) is 12.1. The van der Waals surface area contributed by atoms with E-state index >= 15 is 0 Å². The van der Waals surface area contributed by atoms with Gasteiger partial charge in [-0.1, -0.05) is 36.4 Å². The second-order valence-corrected chi connectivity index (χ2v) is 8.57. The number of hydrogen-bond acceptors (Lipinski definition) is 6. The predicted molar refractivity (Wildman–Crippen MR) is 134 cm³/mol. The van der Waals surface area contributed by atoms with Crippen LogP contribution >= 0.6 is 0 Å².